The van der Waals surface area contributed by atoms with Crippen LogP contribution in [0, 0.1) is 11.6 Å². The molecule has 0 amide bonds. The van der Waals surface area contributed by atoms with E-state index in [9.17, 15) is 8.78 Å². The molecule has 2 aromatic rings. The first-order chi connectivity index (χ1) is 13.5. The lowest BCUT2D eigenvalue weighted by Crippen LogP contribution is -2.40. The number of nitrogens with zero attached hydrogens (tertiary/aromatic N) is 1. The molecule has 8 heteroatoms. The van der Waals surface area contributed by atoms with Crippen LogP contribution in [0.3, 0.4) is 0 Å². The van der Waals surface area contributed by atoms with Crippen LogP contribution in [0.4, 0.5) is 8.78 Å². The van der Waals surface area contributed by atoms with Gasteiger partial charge in [-0.3, -0.25) is 4.99 Å². The topological polar surface area (TPSA) is 64.1 Å². The van der Waals surface area contributed by atoms with Crippen molar-refractivity contribution in [2.75, 3.05) is 34.4 Å². The summed E-state index contributed by atoms with van der Waals surface area (Å²) in [7, 11) is 4.87. The Kier molecular flexibility index (Phi) is 7.86. The van der Waals surface area contributed by atoms with Crippen LogP contribution < -0.4 is 24.8 Å². The number of ether oxygens (including phenoxy) is 3. The Balaban J connectivity index is 1.89. The van der Waals surface area contributed by atoms with Gasteiger partial charge in [0.2, 0.25) is 0 Å². The first-order valence-corrected chi connectivity index (χ1v) is 8.75. The average Bonchev–Trinajstić information content (AvgIpc) is 2.71. The Morgan fingerprint density at radius 2 is 1.79 bits per heavy atom. The van der Waals surface area contributed by atoms with Crippen LogP contribution in [0.25, 0.3) is 0 Å². The molecule has 0 heterocycles. The number of benzene rings is 2. The number of halogens is 2. The minimum Gasteiger partial charge on any atom is -0.497 e. The third-order valence-electron chi connectivity index (χ3n) is 4.03. The summed E-state index contributed by atoms with van der Waals surface area (Å²) in [5.74, 6) is 0.440. The zero-order valence-corrected chi connectivity index (χ0v) is 16.4. The van der Waals surface area contributed by atoms with E-state index >= 15 is 0 Å². The molecule has 152 valence electrons. The molecule has 6 nitrogen and oxygen atoms in total. The lowest BCUT2D eigenvalue weighted by molar-refractivity contribution is 0.318. The summed E-state index contributed by atoms with van der Waals surface area (Å²) >= 11 is 0. The molecule has 0 aliphatic heterocycles. The number of rotatable bonds is 8. The lowest BCUT2D eigenvalue weighted by Gasteiger charge is -2.21. The van der Waals surface area contributed by atoms with Gasteiger partial charge in [0, 0.05) is 18.7 Å². The maximum Gasteiger partial charge on any atom is 0.191 e. The molecule has 0 bridgehead atoms. The Labute approximate surface area is 163 Å². The maximum atomic E-state index is 13.2. The van der Waals surface area contributed by atoms with Gasteiger partial charge in [0.05, 0.1) is 26.8 Å². The minimum atomic E-state index is -0.941. The van der Waals surface area contributed by atoms with Crippen LogP contribution >= 0.6 is 0 Å². The molecule has 0 spiro atoms. The molecule has 0 aliphatic rings. The van der Waals surface area contributed by atoms with Crippen LogP contribution in [0.1, 0.15) is 18.5 Å². The van der Waals surface area contributed by atoms with Crippen LogP contribution in [0.5, 0.6) is 17.2 Å². The normalized spacial score (nSPS) is 12.3. The molecule has 2 aromatic carbocycles. The zero-order valence-electron chi connectivity index (χ0n) is 16.4. The summed E-state index contributed by atoms with van der Waals surface area (Å²) < 4.78 is 42.2. The van der Waals surface area contributed by atoms with E-state index in [4.69, 9.17) is 14.2 Å². The molecule has 0 fully saturated rings. The Hall–Kier alpha value is -3.03. The number of guanidine groups is 1. The fourth-order valence-electron chi connectivity index (χ4n) is 2.56. The summed E-state index contributed by atoms with van der Waals surface area (Å²) in [4.78, 5) is 4.18. The molecule has 0 aliphatic carbocycles. The summed E-state index contributed by atoms with van der Waals surface area (Å²) in [6.07, 6.45) is 0. The zero-order chi connectivity index (χ0) is 20.5. The third kappa shape index (κ3) is 5.73. The summed E-state index contributed by atoms with van der Waals surface area (Å²) in [5, 5.41) is 6.37. The lowest BCUT2D eigenvalue weighted by atomic mass is 10.1. The predicted molar refractivity (Wildman–Crippen MR) is 104 cm³/mol. The highest BCUT2D eigenvalue weighted by Crippen LogP contribution is 2.29. The van der Waals surface area contributed by atoms with Crippen LogP contribution in [-0.2, 0) is 0 Å². The smallest absolute Gasteiger partial charge is 0.191 e. The second-order valence-corrected chi connectivity index (χ2v) is 5.90. The molecule has 0 saturated carbocycles. The molecule has 1 unspecified atom stereocenters. The fraction of sp³-hybridized carbons (Fsp3) is 0.350. The molecule has 0 radical (unpaired) electrons. The number of nitrogens with one attached hydrogen (secondary N) is 2. The standard InChI is InChI=1S/C20H25F2N3O3/c1-13(16-11-14(26-3)6-8-19(16)27-4)25-20(23-2)24-9-10-28-15-5-7-17(21)18(22)12-15/h5-8,11-13H,9-10H2,1-4H3,(H2,23,24,25). The molecule has 2 rings (SSSR count). The van der Waals surface area contributed by atoms with E-state index in [0.29, 0.717) is 12.5 Å². The van der Waals surface area contributed by atoms with Gasteiger partial charge in [-0.15, -0.1) is 0 Å². The fourth-order valence-corrected chi connectivity index (χ4v) is 2.56. The van der Waals surface area contributed by atoms with Crippen molar-refractivity contribution in [2.24, 2.45) is 4.99 Å². The summed E-state index contributed by atoms with van der Waals surface area (Å²) in [6, 6.07) is 8.89. The highest BCUT2D eigenvalue weighted by atomic mass is 19.2. The second kappa shape index (κ2) is 10.3. The van der Waals surface area contributed by atoms with Crippen molar-refractivity contribution < 1.29 is 23.0 Å². The van der Waals surface area contributed by atoms with Gasteiger partial charge < -0.3 is 24.8 Å². The van der Waals surface area contributed by atoms with Gasteiger partial charge in [0.25, 0.3) is 0 Å². The van der Waals surface area contributed by atoms with Crippen LogP contribution in [0.15, 0.2) is 41.4 Å². The first-order valence-electron chi connectivity index (χ1n) is 8.75. The van der Waals surface area contributed by atoms with E-state index in [2.05, 4.69) is 15.6 Å². The van der Waals surface area contributed by atoms with E-state index in [0.717, 1.165) is 29.2 Å². The Bertz CT molecular complexity index is 815. The van der Waals surface area contributed by atoms with Gasteiger partial charge >= 0.3 is 0 Å². The summed E-state index contributed by atoms with van der Waals surface area (Å²) in [6.45, 7) is 2.64. The van der Waals surface area contributed by atoms with Gasteiger partial charge in [0.1, 0.15) is 23.9 Å². The van der Waals surface area contributed by atoms with Gasteiger partial charge in [0.15, 0.2) is 17.6 Å². The Morgan fingerprint density at radius 1 is 1.04 bits per heavy atom. The largest absolute Gasteiger partial charge is 0.497 e. The number of methoxy groups -OCH3 is 2. The number of hydrogen-bond acceptors (Lipinski definition) is 4. The minimum absolute atomic E-state index is 0.108. The quantitative estimate of drug-likeness (QED) is 0.409. The van der Waals surface area contributed by atoms with Gasteiger partial charge in [-0.2, -0.15) is 0 Å². The van der Waals surface area contributed by atoms with Crippen LogP contribution in [-0.4, -0.2) is 40.4 Å². The van der Waals surface area contributed by atoms with E-state index in [1.54, 1.807) is 21.3 Å². The highest BCUT2D eigenvalue weighted by Gasteiger charge is 2.14. The van der Waals surface area contributed by atoms with Crippen molar-refractivity contribution >= 4 is 5.96 Å². The molecule has 28 heavy (non-hydrogen) atoms. The molecule has 1 atom stereocenters. The van der Waals surface area contributed by atoms with Crippen molar-refractivity contribution in [1.29, 1.82) is 0 Å². The molecule has 2 N–H and O–H groups in total. The highest BCUT2D eigenvalue weighted by molar-refractivity contribution is 5.80. The molecular weight excluding hydrogens is 368 g/mol. The molecular formula is C20H25F2N3O3. The van der Waals surface area contributed by atoms with E-state index in [1.807, 2.05) is 25.1 Å². The van der Waals surface area contributed by atoms with E-state index in [1.165, 1.54) is 6.07 Å². The molecule has 0 saturated heterocycles. The first kappa shape index (κ1) is 21.3. The van der Waals surface area contributed by atoms with Crippen molar-refractivity contribution in [2.45, 2.75) is 13.0 Å². The SMILES string of the molecule is CN=C(NCCOc1ccc(F)c(F)c1)NC(C)c1cc(OC)ccc1OC. The van der Waals surface area contributed by atoms with Crippen molar-refractivity contribution in [3.8, 4) is 17.2 Å². The third-order valence-corrected chi connectivity index (χ3v) is 4.03. The second-order valence-electron chi connectivity index (χ2n) is 5.90. The van der Waals surface area contributed by atoms with Crippen molar-refractivity contribution in [1.82, 2.24) is 10.6 Å². The monoisotopic (exact) mass is 393 g/mol. The Morgan fingerprint density at radius 3 is 2.43 bits per heavy atom. The number of hydrogen-bond donors (Lipinski definition) is 2. The van der Waals surface area contributed by atoms with Gasteiger partial charge in [-0.25, -0.2) is 8.78 Å². The van der Waals surface area contributed by atoms with Gasteiger partial charge in [-0.1, -0.05) is 0 Å². The molecule has 0 aromatic heterocycles. The van der Waals surface area contributed by atoms with E-state index in [-0.39, 0.29) is 18.4 Å². The maximum absolute atomic E-state index is 13.2. The van der Waals surface area contributed by atoms with Crippen molar-refractivity contribution in [3.05, 3.63) is 53.6 Å². The average molecular weight is 393 g/mol. The van der Waals surface area contributed by atoms with Crippen LogP contribution in [0.2, 0.25) is 0 Å². The van der Waals surface area contributed by atoms with E-state index < -0.39 is 11.6 Å². The summed E-state index contributed by atoms with van der Waals surface area (Å²) in [5.41, 5.74) is 0.919. The number of aliphatic imine (C=N–C) groups is 1. The van der Waals surface area contributed by atoms with Gasteiger partial charge in [-0.05, 0) is 37.3 Å². The predicted octanol–water partition coefficient (Wildman–Crippen LogP) is 3.29. The van der Waals surface area contributed by atoms with Crippen molar-refractivity contribution in [3.63, 3.8) is 0 Å².